The predicted molar refractivity (Wildman–Crippen MR) is 107 cm³/mol. The largest absolute Gasteiger partial charge is 0.495 e. The molecule has 0 aliphatic carbocycles. The summed E-state index contributed by atoms with van der Waals surface area (Å²) in [5.41, 5.74) is -0.374. The number of carbonyl (C=O) groups is 1. The minimum Gasteiger partial charge on any atom is -0.495 e. The van der Waals surface area contributed by atoms with Gasteiger partial charge in [-0.25, -0.2) is 4.57 Å². The second-order valence-electron chi connectivity index (χ2n) is 5.86. The molecule has 7 nitrogen and oxygen atoms in total. The molecule has 3 rings (SSSR count). The lowest BCUT2D eigenvalue weighted by Gasteiger charge is -2.19. The SMILES string of the molecule is COc1ccccc1-n1c(O)c(C(C)=O)c(=O)n(-c2ccccc2OC)c1=S. The molecule has 0 aliphatic heterocycles. The zero-order valence-corrected chi connectivity index (χ0v) is 16.3. The van der Waals surface area contributed by atoms with Crippen LogP contribution in [0.5, 0.6) is 17.4 Å². The van der Waals surface area contributed by atoms with E-state index in [4.69, 9.17) is 21.7 Å². The number of carbonyl (C=O) groups excluding carboxylic acids is 1. The summed E-state index contributed by atoms with van der Waals surface area (Å²) in [5, 5.41) is 10.8. The molecule has 0 spiro atoms. The molecule has 0 unspecified atom stereocenters. The van der Waals surface area contributed by atoms with Crippen molar-refractivity contribution < 1.29 is 19.4 Å². The van der Waals surface area contributed by atoms with Gasteiger partial charge in [0.1, 0.15) is 17.1 Å². The van der Waals surface area contributed by atoms with E-state index < -0.39 is 17.2 Å². The van der Waals surface area contributed by atoms with E-state index in [2.05, 4.69) is 0 Å². The Labute approximate surface area is 166 Å². The Bertz CT molecular complexity index is 1180. The number of hydrogen-bond donors (Lipinski definition) is 1. The van der Waals surface area contributed by atoms with Crippen molar-refractivity contribution in [3.63, 3.8) is 0 Å². The third-order valence-electron chi connectivity index (χ3n) is 4.24. The maximum Gasteiger partial charge on any atom is 0.273 e. The van der Waals surface area contributed by atoms with Crippen LogP contribution in [0, 0.1) is 4.77 Å². The summed E-state index contributed by atoms with van der Waals surface area (Å²) in [6, 6.07) is 13.6. The molecule has 0 radical (unpaired) electrons. The number of benzene rings is 2. The molecular weight excluding hydrogens is 380 g/mol. The minimum absolute atomic E-state index is 0.0403. The first kappa shape index (κ1) is 19.4. The monoisotopic (exact) mass is 398 g/mol. The van der Waals surface area contributed by atoms with Gasteiger partial charge in [0.2, 0.25) is 5.88 Å². The van der Waals surface area contributed by atoms with Gasteiger partial charge in [-0.2, -0.15) is 0 Å². The number of rotatable bonds is 5. The molecule has 2 aromatic carbocycles. The zero-order chi connectivity index (χ0) is 20.4. The maximum absolute atomic E-state index is 13.1. The molecule has 0 saturated carbocycles. The van der Waals surface area contributed by atoms with Gasteiger partial charge in [0.25, 0.3) is 5.56 Å². The molecule has 0 saturated heterocycles. The number of ether oxygens (including phenoxy) is 2. The molecule has 1 heterocycles. The molecule has 0 aliphatic rings. The van der Waals surface area contributed by atoms with E-state index in [1.54, 1.807) is 48.5 Å². The second kappa shape index (κ2) is 7.69. The summed E-state index contributed by atoms with van der Waals surface area (Å²) >= 11 is 5.54. The van der Waals surface area contributed by atoms with Crippen LogP contribution < -0.4 is 15.0 Å². The third-order valence-corrected chi connectivity index (χ3v) is 4.60. The lowest BCUT2D eigenvalue weighted by molar-refractivity contribution is 0.101. The van der Waals surface area contributed by atoms with Crippen LogP contribution >= 0.6 is 12.2 Å². The van der Waals surface area contributed by atoms with Crippen LogP contribution in [0.3, 0.4) is 0 Å². The molecule has 3 aromatic rings. The van der Waals surface area contributed by atoms with E-state index in [1.165, 1.54) is 25.7 Å². The van der Waals surface area contributed by atoms with E-state index in [9.17, 15) is 14.7 Å². The van der Waals surface area contributed by atoms with Gasteiger partial charge in [0, 0.05) is 0 Å². The molecule has 144 valence electrons. The standard InChI is InChI=1S/C20H18N2O5S/c1-12(23)17-18(24)21(13-8-4-6-10-15(13)26-2)20(28)22(19(17)25)14-9-5-7-11-16(14)27-3/h4-11,24H,1-3H3. The number of aromatic hydroxyl groups is 1. The van der Waals surface area contributed by atoms with Crippen molar-refractivity contribution >= 4 is 18.0 Å². The summed E-state index contributed by atoms with van der Waals surface area (Å²) in [6.45, 7) is 1.21. The first-order valence-electron chi connectivity index (χ1n) is 8.31. The number of Topliss-reactive ketones (excluding diaryl/α,β-unsaturated/α-hetero) is 1. The highest BCUT2D eigenvalue weighted by Gasteiger charge is 2.24. The van der Waals surface area contributed by atoms with E-state index in [-0.39, 0.29) is 10.3 Å². The number of methoxy groups -OCH3 is 2. The van der Waals surface area contributed by atoms with Crippen LogP contribution in [0.2, 0.25) is 0 Å². The first-order valence-corrected chi connectivity index (χ1v) is 8.72. The predicted octanol–water partition coefficient (Wildman–Crippen LogP) is 3.28. The van der Waals surface area contributed by atoms with Crippen molar-refractivity contribution in [2.75, 3.05) is 14.2 Å². The van der Waals surface area contributed by atoms with Crippen LogP contribution in [0.1, 0.15) is 17.3 Å². The van der Waals surface area contributed by atoms with Crippen molar-refractivity contribution in [3.8, 4) is 28.8 Å². The van der Waals surface area contributed by atoms with Crippen molar-refractivity contribution in [3.05, 3.63) is 69.2 Å². The summed E-state index contributed by atoms with van der Waals surface area (Å²) in [6.07, 6.45) is 0. The van der Waals surface area contributed by atoms with Gasteiger partial charge < -0.3 is 14.6 Å². The Morgan fingerprint density at radius 1 is 0.929 bits per heavy atom. The minimum atomic E-state index is -0.731. The number of ketones is 1. The average Bonchev–Trinajstić information content (AvgIpc) is 2.68. The quantitative estimate of drug-likeness (QED) is 0.525. The number of para-hydroxylation sites is 4. The van der Waals surface area contributed by atoms with Gasteiger partial charge in [-0.3, -0.25) is 14.2 Å². The lowest BCUT2D eigenvalue weighted by atomic mass is 10.2. The Kier molecular flexibility index (Phi) is 5.32. The summed E-state index contributed by atoms with van der Waals surface area (Å²) < 4.78 is 13.1. The Morgan fingerprint density at radius 2 is 1.39 bits per heavy atom. The Balaban J connectivity index is 2.53. The fourth-order valence-electron chi connectivity index (χ4n) is 2.96. The first-order chi connectivity index (χ1) is 13.4. The van der Waals surface area contributed by atoms with E-state index in [1.807, 2.05) is 0 Å². The number of aromatic nitrogens is 2. The van der Waals surface area contributed by atoms with Crippen LogP contribution in [0.15, 0.2) is 53.3 Å². The number of nitrogens with zero attached hydrogens (tertiary/aromatic N) is 2. The fourth-order valence-corrected chi connectivity index (χ4v) is 3.33. The Morgan fingerprint density at radius 3 is 1.86 bits per heavy atom. The van der Waals surface area contributed by atoms with Crippen molar-refractivity contribution in [1.29, 1.82) is 0 Å². The van der Waals surface area contributed by atoms with Gasteiger partial charge in [0.05, 0.1) is 25.6 Å². The zero-order valence-electron chi connectivity index (χ0n) is 15.5. The molecule has 0 amide bonds. The van der Waals surface area contributed by atoms with Gasteiger partial charge in [-0.15, -0.1) is 0 Å². The van der Waals surface area contributed by atoms with Crippen LogP contribution in [0.4, 0.5) is 0 Å². The second-order valence-corrected chi connectivity index (χ2v) is 6.22. The summed E-state index contributed by atoms with van der Waals surface area (Å²) in [5.74, 6) is -0.334. The lowest BCUT2D eigenvalue weighted by Crippen LogP contribution is -2.29. The van der Waals surface area contributed by atoms with Crippen molar-refractivity contribution in [2.45, 2.75) is 6.92 Å². The molecule has 0 fully saturated rings. The van der Waals surface area contributed by atoms with Gasteiger partial charge in [-0.05, 0) is 43.4 Å². The summed E-state index contributed by atoms with van der Waals surface area (Å²) in [7, 11) is 2.94. The molecule has 1 aromatic heterocycles. The molecule has 1 N–H and O–H groups in total. The molecular formula is C20H18N2O5S. The fraction of sp³-hybridized carbons (Fsp3) is 0.150. The molecule has 0 bridgehead atoms. The highest BCUT2D eigenvalue weighted by atomic mass is 32.1. The van der Waals surface area contributed by atoms with E-state index >= 15 is 0 Å². The molecule has 28 heavy (non-hydrogen) atoms. The normalized spacial score (nSPS) is 10.5. The van der Waals surface area contributed by atoms with E-state index in [0.717, 1.165) is 4.57 Å². The van der Waals surface area contributed by atoms with Gasteiger partial charge >= 0.3 is 0 Å². The van der Waals surface area contributed by atoms with Crippen LogP contribution in [0.25, 0.3) is 11.4 Å². The third kappa shape index (κ3) is 3.07. The molecule has 0 atom stereocenters. The topological polar surface area (TPSA) is 82.7 Å². The van der Waals surface area contributed by atoms with Crippen molar-refractivity contribution in [2.24, 2.45) is 0 Å². The number of hydrogen-bond acceptors (Lipinski definition) is 6. The van der Waals surface area contributed by atoms with Crippen LogP contribution in [-0.4, -0.2) is 34.2 Å². The van der Waals surface area contributed by atoms with Crippen LogP contribution in [-0.2, 0) is 0 Å². The van der Waals surface area contributed by atoms with E-state index in [0.29, 0.717) is 22.9 Å². The highest BCUT2D eigenvalue weighted by Crippen LogP contribution is 2.30. The smallest absolute Gasteiger partial charge is 0.273 e. The Hall–Kier alpha value is -3.39. The van der Waals surface area contributed by atoms with Gasteiger partial charge in [-0.1, -0.05) is 24.3 Å². The van der Waals surface area contributed by atoms with Crippen molar-refractivity contribution in [1.82, 2.24) is 9.13 Å². The highest BCUT2D eigenvalue weighted by molar-refractivity contribution is 7.71. The maximum atomic E-state index is 13.1. The van der Waals surface area contributed by atoms with Gasteiger partial charge in [0.15, 0.2) is 10.6 Å². The molecule has 8 heteroatoms. The summed E-state index contributed by atoms with van der Waals surface area (Å²) in [4.78, 5) is 25.3. The average molecular weight is 398 g/mol.